The van der Waals surface area contributed by atoms with Crippen LogP contribution in [0.5, 0.6) is 5.88 Å². The van der Waals surface area contributed by atoms with Crippen molar-refractivity contribution in [2.45, 2.75) is 6.18 Å². The third-order valence-electron chi connectivity index (χ3n) is 3.81. The first-order valence-electron chi connectivity index (χ1n) is 7.83. The fourth-order valence-electron chi connectivity index (χ4n) is 2.62. The second kappa shape index (κ2) is 6.95. The Morgan fingerprint density at radius 2 is 2.04 bits per heavy atom. The average molecular weight is 426 g/mol. The summed E-state index contributed by atoms with van der Waals surface area (Å²) >= 11 is 7.18. The van der Waals surface area contributed by atoms with Crippen LogP contribution in [0.1, 0.15) is 5.69 Å². The van der Waals surface area contributed by atoms with Crippen molar-refractivity contribution in [3.8, 4) is 17.3 Å². The summed E-state index contributed by atoms with van der Waals surface area (Å²) in [4.78, 5) is 12.0. The van der Waals surface area contributed by atoms with Crippen molar-refractivity contribution < 1.29 is 17.9 Å². The Labute approximate surface area is 165 Å². The highest BCUT2D eigenvalue weighted by Gasteiger charge is 2.39. The Balaban J connectivity index is 1.75. The highest BCUT2D eigenvalue weighted by atomic mass is 35.5. The number of rotatable bonds is 4. The molecule has 0 spiro atoms. The van der Waals surface area contributed by atoms with E-state index in [4.69, 9.17) is 16.3 Å². The Morgan fingerprint density at radius 1 is 1.21 bits per heavy atom. The van der Waals surface area contributed by atoms with Crippen LogP contribution >= 0.6 is 22.9 Å². The minimum absolute atomic E-state index is 0.0216. The Hall–Kier alpha value is -2.85. The molecule has 4 rings (SSSR count). The molecule has 0 aliphatic carbocycles. The van der Waals surface area contributed by atoms with Gasteiger partial charge >= 0.3 is 6.18 Å². The van der Waals surface area contributed by atoms with Crippen LogP contribution in [0.15, 0.2) is 42.0 Å². The number of hydrogen-bond donors (Lipinski definition) is 1. The number of pyridine rings is 2. The largest absolute Gasteiger partial charge is 0.481 e. The van der Waals surface area contributed by atoms with Crippen LogP contribution in [0.2, 0.25) is 5.02 Å². The number of fused-ring (bicyclic) bond motifs is 1. The number of imidazole rings is 1. The molecule has 0 aliphatic heterocycles. The number of halogens is 4. The molecule has 6 nitrogen and oxygen atoms in total. The molecule has 0 fully saturated rings. The van der Waals surface area contributed by atoms with Crippen molar-refractivity contribution in [1.29, 1.82) is 0 Å². The molecule has 0 bridgehead atoms. The van der Waals surface area contributed by atoms with E-state index in [0.717, 1.165) is 11.3 Å². The summed E-state index contributed by atoms with van der Waals surface area (Å²) in [6, 6.07) is 6.42. The number of hydrogen-bond acceptors (Lipinski definition) is 6. The maximum absolute atomic E-state index is 13.5. The van der Waals surface area contributed by atoms with Crippen molar-refractivity contribution in [1.82, 2.24) is 19.4 Å². The number of anilines is 2. The van der Waals surface area contributed by atoms with Gasteiger partial charge in [0.1, 0.15) is 11.4 Å². The minimum Gasteiger partial charge on any atom is -0.481 e. The van der Waals surface area contributed by atoms with Crippen molar-refractivity contribution >= 4 is 39.4 Å². The van der Waals surface area contributed by atoms with E-state index < -0.39 is 11.9 Å². The first kappa shape index (κ1) is 18.5. The maximum Gasteiger partial charge on any atom is 0.435 e. The number of aromatic nitrogens is 4. The van der Waals surface area contributed by atoms with Gasteiger partial charge in [0, 0.05) is 17.6 Å². The number of nitrogens with one attached hydrogen (secondary N) is 1. The zero-order valence-electron chi connectivity index (χ0n) is 14.2. The van der Waals surface area contributed by atoms with Crippen LogP contribution in [-0.2, 0) is 6.18 Å². The van der Waals surface area contributed by atoms with Gasteiger partial charge in [-0.15, -0.1) is 11.3 Å². The standard InChI is InChI=1S/C17H11ClF3N5OS/c1-27-12-5-4-9(7-22-12)23-16-24-11(8-28-16)13-14(17(19,20)21)25-15-10(18)3-2-6-26(13)15/h2-8H,1H3,(H,23,24). The van der Waals surface area contributed by atoms with Crippen molar-refractivity contribution in [3.05, 3.63) is 52.8 Å². The molecule has 0 aromatic carbocycles. The third kappa shape index (κ3) is 3.36. The first-order chi connectivity index (χ1) is 13.4. The molecule has 0 aliphatic rings. The van der Waals surface area contributed by atoms with Gasteiger partial charge in [-0.3, -0.25) is 4.40 Å². The second-order valence-corrected chi connectivity index (χ2v) is 6.87. The Bertz CT molecular complexity index is 1140. The monoisotopic (exact) mass is 425 g/mol. The molecule has 4 aromatic rings. The van der Waals surface area contributed by atoms with Gasteiger partial charge in [0.25, 0.3) is 0 Å². The van der Waals surface area contributed by atoms with Crippen LogP contribution in [0, 0.1) is 0 Å². The molecule has 0 unspecified atom stereocenters. The summed E-state index contributed by atoms with van der Waals surface area (Å²) in [7, 11) is 1.50. The van der Waals surface area contributed by atoms with Gasteiger partial charge in [0.05, 0.1) is 24.0 Å². The summed E-state index contributed by atoms with van der Waals surface area (Å²) in [6.45, 7) is 0. The zero-order chi connectivity index (χ0) is 19.9. The van der Waals surface area contributed by atoms with E-state index in [2.05, 4.69) is 20.3 Å². The van der Waals surface area contributed by atoms with E-state index in [1.165, 1.54) is 35.4 Å². The fraction of sp³-hybridized carbons (Fsp3) is 0.118. The van der Waals surface area contributed by atoms with Gasteiger partial charge in [-0.25, -0.2) is 15.0 Å². The molecule has 11 heteroatoms. The summed E-state index contributed by atoms with van der Waals surface area (Å²) in [5.41, 5.74) is -0.422. The molecule has 0 atom stereocenters. The lowest BCUT2D eigenvalue weighted by molar-refractivity contribution is -0.140. The molecule has 144 valence electrons. The molecule has 0 amide bonds. The summed E-state index contributed by atoms with van der Waals surface area (Å²) in [6.07, 6.45) is -1.64. The topological polar surface area (TPSA) is 64.3 Å². The van der Waals surface area contributed by atoms with Crippen LogP contribution in [0.4, 0.5) is 24.0 Å². The van der Waals surface area contributed by atoms with Crippen LogP contribution in [-0.4, -0.2) is 26.5 Å². The summed E-state index contributed by atoms with van der Waals surface area (Å²) in [5.74, 6) is 0.447. The lowest BCUT2D eigenvalue weighted by Gasteiger charge is -2.06. The van der Waals surface area contributed by atoms with E-state index in [9.17, 15) is 13.2 Å². The van der Waals surface area contributed by atoms with Gasteiger partial charge in [-0.1, -0.05) is 11.6 Å². The van der Waals surface area contributed by atoms with Gasteiger partial charge in [-0.05, 0) is 18.2 Å². The van der Waals surface area contributed by atoms with E-state index in [-0.39, 0.29) is 22.1 Å². The molecule has 0 saturated carbocycles. The second-order valence-electron chi connectivity index (χ2n) is 5.61. The molecular weight excluding hydrogens is 415 g/mol. The average Bonchev–Trinajstić information content (AvgIpc) is 3.27. The van der Waals surface area contributed by atoms with Crippen molar-refractivity contribution in [3.63, 3.8) is 0 Å². The normalized spacial score (nSPS) is 11.8. The van der Waals surface area contributed by atoms with E-state index in [0.29, 0.717) is 16.7 Å². The molecule has 4 aromatic heterocycles. The van der Waals surface area contributed by atoms with Crippen molar-refractivity contribution in [2.75, 3.05) is 12.4 Å². The van der Waals surface area contributed by atoms with Crippen LogP contribution < -0.4 is 10.1 Å². The summed E-state index contributed by atoms with van der Waals surface area (Å²) in [5, 5.41) is 5.07. The van der Waals surface area contributed by atoms with Gasteiger partial charge in [0.2, 0.25) is 5.88 Å². The molecular formula is C17H11ClF3N5OS. The molecule has 0 radical (unpaired) electrons. The van der Waals surface area contributed by atoms with E-state index >= 15 is 0 Å². The first-order valence-corrected chi connectivity index (χ1v) is 9.09. The van der Waals surface area contributed by atoms with Gasteiger partial charge < -0.3 is 10.1 Å². The van der Waals surface area contributed by atoms with Gasteiger partial charge in [-0.2, -0.15) is 13.2 Å². The Morgan fingerprint density at radius 3 is 2.71 bits per heavy atom. The molecule has 0 saturated heterocycles. The number of ether oxygens (including phenoxy) is 1. The van der Waals surface area contributed by atoms with E-state index in [1.54, 1.807) is 18.2 Å². The Kier molecular flexibility index (Phi) is 4.60. The van der Waals surface area contributed by atoms with Gasteiger partial charge in [0.15, 0.2) is 16.5 Å². The maximum atomic E-state index is 13.5. The molecule has 28 heavy (non-hydrogen) atoms. The fourth-order valence-corrected chi connectivity index (χ4v) is 3.54. The summed E-state index contributed by atoms with van der Waals surface area (Å²) < 4.78 is 46.9. The molecule has 1 N–H and O–H groups in total. The minimum atomic E-state index is -4.65. The van der Waals surface area contributed by atoms with E-state index in [1.807, 2.05) is 0 Å². The number of thiazole rings is 1. The highest BCUT2D eigenvalue weighted by molar-refractivity contribution is 7.14. The predicted molar refractivity (Wildman–Crippen MR) is 100 cm³/mol. The zero-order valence-corrected chi connectivity index (χ0v) is 15.7. The number of nitrogens with zero attached hydrogens (tertiary/aromatic N) is 4. The number of alkyl halides is 3. The molecule has 4 heterocycles. The third-order valence-corrected chi connectivity index (χ3v) is 4.87. The predicted octanol–water partition coefficient (Wildman–Crippen LogP) is 5.28. The quantitative estimate of drug-likeness (QED) is 0.482. The van der Waals surface area contributed by atoms with Crippen molar-refractivity contribution in [2.24, 2.45) is 0 Å². The van der Waals surface area contributed by atoms with Crippen LogP contribution in [0.25, 0.3) is 17.0 Å². The smallest absolute Gasteiger partial charge is 0.435 e. The highest BCUT2D eigenvalue weighted by Crippen LogP contribution is 2.39. The lowest BCUT2D eigenvalue weighted by Crippen LogP contribution is -2.08. The number of methoxy groups -OCH3 is 1. The SMILES string of the molecule is COc1ccc(Nc2nc(-c3c(C(F)(F)F)nc4c(Cl)cccn34)cs2)cn1. The lowest BCUT2D eigenvalue weighted by atomic mass is 10.2. The van der Waals surface area contributed by atoms with Crippen LogP contribution in [0.3, 0.4) is 0 Å².